The fraction of sp³-hybridized carbons (Fsp3) is 0.211. The molecule has 0 unspecified atom stereocenters. The number of ether oxygens (including phenoxy) is 1. The second-order valence-electron chi connectivity index (χ2n) is 5.64. The molecule has 0 radical (unpaired) electrons. The molecule has 0 fully saturated rings. The minimum Gasteiger partial charge on any atom is -0.504 e. The smallest absolute Gasteiger partial charge is 0.250 e. The molecule has 140 valence electrons. The first-order valence-electron chi connectivity index (χ1n) is 8.39. The summed E-state index contributed by atoms with van der Waals surface area (Å²) in [6, 6.07) is 12.7. The number of aromatic nitrogens is 2. The van der Waals surface area contributed by atoms with Crippen LogP contribution in [-0.2, 0) is 11.3 Å². The standard InChI is InChI=1S/C19H20N4O3S/c1-3-23-15-7-5-4-6-14(15)21-19(23)27-12-18(25)22-20-11-13-8-9-16(24)17(10-13)26-2/h4-11,24H,3,12H2,1-2H3,(H,22,25)/b20-11-. The van der Waals surface area contributed by atoms with Crippen molar-refractivity contribution < 1.29 is 14.6 Å². The molecule has 0 saturated carbocycles. The lowest BCUT2D eigenvalue weighted by Crippen LogP contribution is -2.20. The minimum atomic E-state index is -0.225. The molecule has 0 aliphatic rings. The van der Waals surface area contributed by atoms with Gasteiger partial charge in [-0.1, -0.05) is 23.9 Å². The molecule has 0 saturated heterocycles. The number of phenols is 1. The number of hydrogen-bond acceptors (Lipinski definition) is 6. The van der Waals surface area contributed by atoms with Crippen LogP contribution in [0.4, 0.5) is 0 Å². The molecule has 0 spiro atoms. The van der Waals surface area contributed by atoms with Gasteiger partial charge in [0.15, 0.2) is 16.7 Å². The van der Waals surface area contributed by atoms with Crippen LogP contribution in [0.5, 0.6) is 11.5 Å². The van der Waals surface area contributed by atoms with Crippen LogP contribution in [0.25, 0.3) is 11.0 Å². The van der Waals surface area contributed by atoms with Gasteiger partial charge < -0.3 is 14.4 Å². The average molecular weight is 384 g/mol. The number of para-hydroxylation sites is 2. The maximum atomic E-state index is 12.1. The third-order valence-electron chi connectivity index (χ3n) is 3.87. The Morgan fingerprint density at radius 1 is 1.37 bits per heavy atom. The van der Waals surface area contributed by atoms with Gasteiger partial charge in [0, 0.05) is 6.54 Å². The van der Waals surface area contributed by atoms with E-state index in [0.717, 1.165) is 22.7 Å². The summed E-state index contributed by atoms with van der Waals surface area (Å²) in [6.07, 6.45) is 1.49. The SMILES string of the molecule is CCn1c(SCC(=O)N/N=C\c2ccc(O)c(OC)c2)nc2ccccc21. The van der Waals surface area contributed by atoms with Gasteiger partial charge in [0.1, 0.15) is 0 Å². The zero-order valence-corrected chi connectivity index (χ0v) is 15.9. The summed E-state index contributed by atoms with van der Waals surface area (Å²) in [5.74, 6) is 0.379. The van der Waals surface area contributed by atoms with Gasteiger partial charge in [0.05, 0.1) is 30.1 Å². The molecule has 0 atom stereocenters. The number of rotatable bonds is 7. The topological polar surface area (TPSA) is 88.7 Å². The number of thioether (sulfide) groups is 1. The van der Waals surface area contributed by atoms with Crippen LogP contribution in [0.2, 0.25) is 0 Å². The van der Waals surface area contributed by atoms with E-state index in [-0.39, 0.29) is 17.4 Å². The number of amides is 1. The zero-order chi connectivity index (χ0) is 19.2. The Kier molecular flexibility index (Phi) is 5.97. The van der Waals surface area contributed by atoms with E-state index in [4.69, 9.17) is 4.74 Å². The number of aromatic hydroxyl groups is 1. The van der Waals surface area contributed by atoms with Gasteiger partial charge in [0.2, 0.25) is 0 Å². The Morgan fingerprint density at radius 3 is 2.96 bits per heavy atom. The molecule has 2 aromatic carbocycles. The monoisotopic (exact) mass is 384 g/mol. The van der Waals surface area contributed by atoms with Gasteiger partial charge >= 0.3 is 0 Å². The first-order valence-corrected chi connectivity index (χ1v) is 9.38. The Hall–Kier alpha value is -3.00. The lowest BCUT2D eigenvalue weighted by atomic mass is 10.2. The highest BCUT2D eigenvalue weighted by Gasteiger charge is 2.11. The number of carbonyl (C=O) groups excluding carboxylic acids is 1. The summed E-state index contributed by atoms with van der Waals surface area (Å²) in [6.45, 7) is 2.83. The summed E-state index contributed by atoms with van der Waals surface area (Å²) in [7, 11) is 1.47. The van der Waals surface area contributed by atoms with Crippen LogP contribution in [0.1, 0.15) is 12.5 Å². The molecule has 1 heterocycles. The van der Waals surface area contributed by atoms with E-state index >= 15 is 0 Å². The van der Waals surface area contributed by atoms with Crippen molar-refractivity contribution in [3.05, 3.63) is 48.0 Å². The van der Waals surface area contributed by atoms with Crippen LogP contribution in [-0.4, -0.2) is 39.6 Å². The van der Waals surface area contributed by atoms with Crippen molar-refractivity contribution in [2.75, 3.05) is 12.9 Å². The predicted octanol–water partition coefficient (Wildman–Crippen LogP) is 3.01. The van der Waals surface area contributed by atoms with Crippen LogP contribution in [0.15, 0.2) is 52.7 Å². The molecule has 0 aliphatic heterocycles. The number of nitrogens with one attached hydrogen (secondary N) is 1. The number of benzene rings is 2. The van der Waals surface area contributed by atoms with Crippen molar-refractivity contribution >= 4 is 34.9 Å². The molecule has 3 aromatic rings. The van der Waals surface area contributed by atoms with Gasteiger partial charge in [-0.2, -0.15) is 5.10 Å². The summed E-state index contributed by atoms with van der Waals surface area (Å²) in [5, 5.41) is 14.3. The molecular formula is C19H20N4O3S. The minimum absolute atomic E-state index is 0.0499. The summed E-state index contributed by atoms with van der Waals surface area (Å²) in [4.78, 5) is 16.6. The van der Waals surface area contributed by atoms with Crippen LogP contribution >= 0.6 is 11.8 Å². The molecule has 8 heteroatoms. The Labute approximate surface area is 161 Å². The molecular weight excluding hydrogens is 364 g/mol. The van der Waals surface area contributed by atoms with E-state index in [1.54, 1.807) is 12.1 Å². The van der Waals surface area contributed by atoms with E-state index in [1.807, 2.05) is 24.3 Å². The fourth-order valence-electron chi connectivity index (χ4n) is 2.58. The Balaban J connectivity index is 1.59. The number of hydrogen-bond donors (Lipinski definition) is 2. The first kappa shape index (κ1) is 18.8. The van der Waals surface area contributed by atoms with Crippen molar-refractivity contribution in [3.63, 3.8) is 0 Å². The largest absolute Gasteiger partial charge is 0.504 e. The van der Waals surface area contributed by atoms with E-state index in [0.29, 0.717) is 11.3 Å². The molecule has 0 aliphatic carbocycles. The van der Waals surface area contributed by atoms with E-state index in [2.05, 4.69) is 27.0 Å². The lowest BCUT2D eigenvalue weighted by molar-refractivity contribution is -0.118. The quantitative estimate of drug-likeness (QED) is 0.371. The van der Waals surface area contributed by atoms with Crippen molar-refractivity contribution in [1.29, 1.82) is 0 Å². The molecule has 2 N–H and O–H groups in total. The van der Waals surface area contributed by atoms with Crippen molar-refractivity contribution in [2.24, 2.45) is 5.10 Å². The summed E-state index contributed by atoms with van der Waals surface area (Å²) >= 11 is 1.37. The maximum absolute atomic E-state index is 12.1. The van der Waals surface area contributed by atoms with Crippen molar-refractivity contribution in [1.82, 2.24) is 15.0 Å². The number of nitrogens with zero attached hydrogens (tertiary/aromatic N) is 3. The highest BCUT2D eigenvalue weighted by molar-refractivity contribution is 7.99. The predicted molar refractivity (Wildman–Crippen MR) is 107 cm³/mol. The molecule has 0 bridgehead atoms. The molecule has 27 heavy (non-hydrogen) atoms. The van der Waals surface area contributed by atoms with Gasteiger partial charge in [-0.3, -0.25) is 4.79 Å². The third-order valence-corrected chi connectivity index (χ3v) is 4.85. The molecule has 1 aromatic heterocycles. The van der Waals surface area contributed by atoms with Gasteiger partial charge in [0.25, 0.3) is 5.91 Å². The lowest BCUT2D eigenvalue weighted by Gasteiger charge is -2.05. The number of fused-ring (bicyclic) bond motifs is 1. The van der Waals surface area contributed by atoms with Gasteiger partial charge in [-0.15, -0.1) is 0 Å². The molecule has 7 nitrogen and oxygen atoms in total. The molecule has 1 amide bonds. The number of phenolic OH excluding ortho intramolecular Hbond substituents is 1. The van der Waals surface area contributed by atoms with E-state index in [1.165, 1.54) is 31.2 Å². The van der Waals surface area contributed by atoms with E-state index in [9.17, 15) is 9.90 Å². The van der Waals surface area contributed by atoms with Gasteiger partial charge in [-0.25, -0.2) is 10.4 Å². The first-order chi connectivity index (χ1) is 13.1. The van der Waals surface area contributed by atoms with Gasteiger partial charge in [-0.05, 0) is 42.8 Å². The third kappa shape index (κ3) is 4.40. The van der Waals surface area contributed by atoms with Crippen molar-refractivity contribution in [2.45, 2.75) is 18.6 Å². The fourth-order valence-corrected chi connectivity index (χ4v) is 3.46. The van der Waals surface area contributed by atoms with E-state index < -0.39 is 0 Å². The molecule has 3 rings (SSSR count). The Bertz CT molecular complexity index is 984. The number of aryl methyl sites for hydroxylation is 1. The maximum Gasteiger partial charge on any atom is 0.250 e. The normalized spacial score (nSPS) is 11.2. The van der Waals surface area contributed by atoms with Crippen LogP contribution in [0.3, 0.4) is 0 Å². The number of methoxy groups -OCH3 is 1. The number of carbonyl (C=O) groups is 1. The second kappa shape index (κ2) is 8.59. The summed E-state index contributed by atoms with van der Waals surface area (Å²) in [5.41, 5.74) is 5.17. The van der Waals surface area contributed by atoms with Crippen LogP contribution in [0, 0.1) is 0 Å². The van der Waals surface area contributed by atoms with Crippen molar-refractivity contribution in [3.8, 4) is 11.5 Å². The average Bonchev–Trinajstić information content (AvgIpc) is 3.05. The highest BCUT2D eigenvalue weighted by Crippen LogP contribution is 2.25. The second-order valence-corrected chi connectivity index (χ2v) is 6.58. The zero-order valence-electron chi connectivity index (χ0n) is 15.0. The Morgan fingerprint density at radius 2 is 2.19 bits per heavy atom. The van der Waals surface area contributed by atoms with Crippen LogP contribution < -0.4 is 10.2 Å². The number of imidazole rings is 1. The highest BCUT2D eigenvalue weighted by atomic mass is 32.2. The number of hydrazone groups is 1. The summed E-state index contributed by atoms with van der Waals surface area (Å²) < 4.78 is 7.12.